The monoisotopic (exact) mass is 397 g/mol. The number of aromatic nitrogens is 1. The van der Waals surface area contributed by atoms with Crippen molar-refractivity contribution in [3.8, 4) is 17.4 Å². The van der Waals surface area contributed by atoms with Gasteiger partial charge in [0.25, 0.3) is 0 Å². The fraction of sp³-hybridized carbons (Fsp3) is 0.368. The van der Waals surface area contributed by atoms with Crippen molar-refractivity contribution in [1.82, 2.24) is 4.98 Å². The van der Waals surface area contributed by atoms with Gasteiger partial charge in [-0.15, -0.1) is 0 Å². The Bertz CT molecular complexity index is 735. The molecule has 2 aromatic rings. The first-order valence-electron chi connectivity index (χ1n) is 8.28. The van der Waals surface area contributed by atoms with Gasteiger partial charge in [0.15, 0.2) is 0 Å². The third-order valence-corrected chi connectivity index (χ3v) is 3.75. The molecule has 1 atom stereocenters. The molecule has 1 aromatic carbocycles. The van der Waals surface area contributed by atoms with Gasteiger partial charge in [0, 0.05) is 12.6 Å². The van der Waals surface area contributed by atoms with E-state index in [-0.39, 0.29) is 24.1 Å². The van der Waals surface area contributed by atoms with Crippen LogP contribution in [0, 0.1) is 0 Å². The predicted molar refractivity (Wildman–Crippen MR) is 101 cm³/mol. The second-order valence-corrected chi connectivity index (χ2v) is 6.86. The number of nitrogens with zero attached hydrogens (tertiary/aromatic N) is 1. The van der Waals surface area contributed by atoms with Crippen molar-refractivity contribution in [3.63, 3.8) is 0 Å². The summed E-state index contributed by atoms with van der Waals surface area (Å²) in [5.41, 5.74) is 0. The lowest BCUT2D eigenvalue weighted by molar-refractivity contribution is -0.147. The molecule has 7 heteroatoms. The first-order valence-corrected chi connectivity index (χ1v) is 9.04. The quantitative estimate of drug-likeness (QED) is 0.536. The predicted octanol–water partition coefficient (Wildman–Crippen LogP) is 5.68. The molecular formula is C19H21Cl2NO4. The van der Waals surface area contributed by atoms with Crippen LogP contribution in [0.4, 0.5) is 0 Å². The van der Waals surface area contributed by atoms with E-state index in [4.69, 9.17) is 37.4 Å². The largest absolute Gasteiger partial charge is 0.491 e. The molecule has 0 spiro atoms. The van der Waals surface area contributed by atoms with Gasteiger partial charge in [-0.2, -0.15) is 0 Å². The maximum Gasteiger partial charge on any atom is 0.306 e. The summed E-state index contributed by atoms with van der Waals surface area (Å²) in [5, 5.41) is 0.775. The molecule has 140 valence electrons. The van der Waals surface area contributed by atoms with Crippen LogP contribution in [0.5, 0.6) is 17.4 Å². The first-order chi connectivity index (χ1) is 12.3. The number of pyridine rings is 1. The third-order valence-electron chi connectivity index (χ3n) is 3.27. The highest BCUT2D eigenvalue weighted by Crippen LogP contribution is 2.30. The normalized spacial score (nSPS) is 11.9. The van der Waals surface area contributed by atoms with E-state index in [0.717, 1.165) is 0 Å². The number of rotatable bonds is 8. The number of hydrogen-bond acceptors (Lipinski definition) is 5. The molecule has 1 heterocycles. The van der Waals surface area contributed by atoms with Crippen LogP contribution in [0.25, 0.3) is 0 Å². The van der Waals surface area contributed by atoms with E-state index in [1.165, 1.54) is 6.20 Å². The smallest absolute Gasteiger partial charge is 0.306 e. The molecule has 1 aromatic heterocycles. The topological polar surface area (TPSA) is 57.7 Å². The minimum absolute atomic E-state index is 0.102. The molecule has 26 heavy (non-hydrogen) atoms. The van der Waals surface area contributed by atoms with E-state index in [1.807, 2.05) is 20.8 Å². The van der Waals surface area contributed by atoms with Gasteiger partial charge in [-0.3, -0.25) is 4.79 Å². The highest BCUT2D eigenvalue weighted by molar-refractivity contribution is 6.35. The third kappa shape index (κ3) is 6.73. The van der Waals surface area contributed by atoms with Crippen LogP contribution < -0.4 is 9.47 Å². The molecule has 0 radical (unpaired) electrons. The zero-order chi connectivity index (χ0) is 19.1. The highest BCUT2D eigenvalue weighted by Gasteiger charge is 2.11. The van der Waals surface area contributed by atoms with Gasteiger partial charge < -0.3 is 14.2 Å². The zero-order valence-electron chi connectivity index (χ0n) is 14.9. The lowest BCUT2D eigenvalue weighted by atomic mass is 10.2. The molecule has 0 aliphatic heterocycles. The van der Waals surface area contributed by atoms with E-state index >= 15 is 0 Å². The summed E-state index contributed by atoms with van der Waals surface area (Å²) in [4.78, 5) is 15.6. The molecule has 0 amide bonds. The van der Waals surface area contributed by atoms with E-state index in [1.54, 1.807) is 30.3 Å². The van der Waals surface area contributed by atoms with Gasteiger partial charge in [-0.25, -0.2) is 4.98 Å². The van der Waals surface area contributed by atoms with Crippen LogP contribution in [-0.4, -0.2) is 23.2 Å². The Kier molecular flexibility index (Phi) is 7.54. The SMILES string of the molecule is CC(C)OC(=O)CCC(C)Oc1ccc(Oc2ncc(Cl)cc2Cl)cc1. The fourth-order valence-corrected chi connectivity index (χ4v) is 2.53. The van der Waals surface area contributed by atoms with E-state index < -0.39 is 0 Å². The molecule has 0 N–H and O–H groups in total. The standard InChI is InChI=1S/C19H21Cl2NO4/c1-12(2)24-18(23)9-4-13(3)25-15-5-7-16(8-6-15)26-19-17(21)10-14(20)11-22-19/h5-8,10-13H,4,9H2,1-3H3. The number of carbonyl (C=O) groups excluding carboxylic acids is 1. The van der Waals surface area contributed by atoms with Crippen LogP contribution in [0.15, 0.2) is 36.5 Å². The highest BCUT2D eigenvalue weighted by atomic mass is 35.5. The lowest BCUT2D eigenvalue weighted by Gasteiger charge is -2.15. The lowest BCUT2D eigenvalue weighted by Crippen LogP contribution is -2.17. The van der Waals surface area contributed by atoms with Crippen molar-refractivity contribution < 1.29 is 19.0 Å². The van der Waals surface area contributed by atoms with Crippen LogP contribution in [0.1, 0.15) is 33.6 Å². The van der Waals surface area contributed by atoms with E-state index in [0.29, 0.717) is 34.4 Å². The Morgan fingerprint density at radius 1 is 1.12 bits per heavy atom. The summed E-state index contributed by atoms with van der Waals surface area (Å²) in [6, 6.07) is 8.63. The second kappa shape index (κ2) is 9.64. The zero-order valence-corrected chi connectivity index (χ0v) is 16.4. The van der Waals surface area contributed by atoms with Crippen molar-refractivity contribution in [3.05, 3.63) is 46.6 Å². The second-order valence-electron chi connectivity index (χ2n) is 6.02. The number of carbonyl (C=O) groups is 1. The number of benzene rings is 1. The van der Waals surface area contributed by atoms with E-state index in [2.05, 4.69) is 4.98 Å². The summed E-state index contributed by atoms with van der Waals surface area (Å²) >= 11 is 11.8. The number of ether oxygens (including phenoxy) is 3. The van der Waals surface area contributed by atoms with Crippen molar-refractivity contribution in [1.29, 1.82) is 0 Å². The maximum atomic E-state index is 11.6. The molecule has 0 aliphatic rings. The molecular weight excluding hydrogens is 377 g/mol. The average Bonchev–Trinajstić information content (AvgIpc) is 2.57. The molecule has 0 saturated heterocycles. The Morgan fingerprint density at radius 2 is 1.77 bits per heavy atom. The van der Waals surface area contributed by atoms with Crippen molar-refractivity contribution in [2.45, 2.75) is 45.8 Å². The van der Waals surface area contributed by atoms with E-state index in [9.17, 15) is 4.79 Å². The van der Waals surface area contributed by atoms with Crippen LogP contribution >= 0.6 is 23.2 Å². The molecule has 0 saturated carbocycles. The Labute approximate surface area is 163 Å². The summed E-state index contributed by atoms with van der Waals surface area (Å²) < 4.78 is 16.5. The van der Waals surface area contributed by atoms with Gasteiger partial charge in [0.1, 0.15) is 16.5 Å². The van der Waals surface area contributed by atoms with Gasteiger partial charge in [0.05, 0.1) is 17.2 Å². The van der Waals surface area contributed by atoms with Crippen molar-refractivity contribution in [2.24, 2.45) is 0 Å². The van der Waals surface area contributed by atoms with Crippen molar-refractivity contribution in [2.75, 3.05) is 0 Å². The molecule has 1 unspecified atom stereocenters. The number of hydrogen-bond donors (Lipinski definition) is 0. The molecule has 0 aliphatic carbocycles. The average molecular weight is 398 g/mol. The number of halogens is 2. The van der Waals surface area contributed by atoms with Crippen LogP contribution in [0.2, 0.25) is 10.0 Å². The maximum absolute atomic E-state index is 11.6. The fourth-order valence-electron chi connectivity index (χ4n) is 2.11. The Balaban J connectivity index is 1.85. The molecule has 2 rings (SSSR count). The summed E-state index contributed by atoms with van der Waals surface area (Å²) in [5.74, 6) is 1.31. The Morgan fingerprint density at radius 3 is 2.38 bits per heavy atom. The van der Waals surface area contributed by atoms with Crippen LogP contribution in [-0.2, 0) is 9.53 Å². The number of esters is 1. The molecule has 5 nitrogen and oxygen atoms in total. The minimum atomic E-state index is -0.216. The van der Waals surface area contributed by atoms with Crippen molar-refractivity contribution >= 4 is 29.2 Å². The summed E-state index contributed by atoms with van der Waals surface area (Å²) in [6.45, 7) is 5.56. The van der Waals surface area contributed by atoms with Gasteiger partial charge in [-0.1, -0.05) is 23.2 Å². The van der Waals surface area contributed by atoms with Gasteiger partial charge in [-0.05, 0) is 57.5 Å². The Hall–Kier alpha value is -1.98. The summed E-state index contributed by atoms with van der Waals surface area (Å²) in [6.07, 6.45) is 2.14. The molecule has 0 fully saturated rings. The minimum Gasteiger partial charge on any atom is -0.491 e. The van der Waals surface area contributed by atoms with Gasteiger partial charge in [0.2, 0.25) is 5.88 Å². The van der Waals surface area contributed by atoms with Gasteiger partial charge >= 0.3 is 5.97 Å². The van der Waals surface area contributed by atoms with Crippen LogP contribution in [0.3, 0.4) is 0 Å². The summed E-state index contributed by atoms with van der Waals surface area (Å²) in [7, 11) is 0. The molecule has 0 bridgehead atoms. The first kappa shape index (κ1) is 20.3.